The topological polar surface area (TPSA) is 51.7 Å². The summed E-state index contributed by atoms with van der Waals surface area (Å²) in [7, 11) is 1.66. The Balaban J connectivity index is 1.49. The summed E-state index contributed by atoms with van der Waals surface area (Å²) in [6.07, 6.45) is 4.54. The van der Waals surface area contributed by atoms with Crippen molar-refractivity contribution in [2.75, 3.05) is 26.9 Å². The van der Waals surface area contributed by atoms with E-state index in [4.69, 9.17) is 9.47 Å². The summed E-state index contributed by atoms with van der Waals surface area (Å²) in [6.45, 7) is 3.05. The molecule has 1 aromatic carbocycles. The minimum absolute atomic E-state index is 0.175. The number of benzene rings is 1. The Kier molecular flexibility index (Phi) is 4.48. The molecular formula is C19H22N2O3S. The molecule has 3 heterocycles. The number of carbonyl (C=O) groups excluding carboxylic acids is 1. The molecule has 0 aliphatic carbocycles. The third-order valence-corrected chi connectivity index (χ3v) is 6.18. The van der Waals surface area contributed by atoms with Crippen LogP contribution >= 0.6 is 11.3 Å². The van der Waals surface area contributed by atoms with Crippen molar-refractivity contribution in [3.8, 4) is 16.3 Å². The van der Waals surface area contributed by atoms with E-state index in [0.717, 1.165) is 53.8 Å². The number of likely N-dealkylation sites (tertiary alicyclic amines) is 1. The van der Waals surface area contributed by atoms with E-state index in [9.17, 15) is 4.79 Å². The minimum Gasteiger partial charge on any atom is -0.497 e. The number of piperidine rings is 1. The molecule has 25 heavy (non-hydrogen) atoms. The molecule has 2 aromatic rings. The molecule has 0 radical (unpaired) electrons. The van der Waals surface area contributed by atoms with Crippen molar-refractivity contribution in [3.63, 3.8) is 0 Å². The number of carbonyl (C=O) groups is 1. The lowest BCUT2D eigenvalue weighted by molar-refractivity contribution is -0.138. The van der Waals surface area contributed by atoms with Crippen LogP contribution in [0.5, 0.6) is 5.75 Å². The summed E-state index contributed by atoms with van der Waals surface area (Å²) in [5.74, 6) is 1.07. The van der Waals surface area contributed by atoms with Crippen LogP contribution < -0.4 is 4.74 Å². The fourth-order valence-corrected chi connectivity index (χ4v) is 4.60. The van der Waals surface area contributed by atoms with Gasteiger partial charge in [-0.1, -0.05) is 12.1 Å². The first-order chi connectivity index (χ1) is 12.2. The second-order valence-electron chi connectivity index (χ2n) is 6.92. The Hall–Kier alpha value is -1.92. The van der Waals surface area contributed by atoms with E-state index >= 15 is 0 Å². The van der Waals surface area contributed by atoms with E-state index in [0.29, 0.717) is 13.0 Å². The van der Waals surface area contributed by atoms with Gasteiger partial charge in [0.15, 0.2) is 0 Å². The molecule has 1 aromatic heterocycles. The van der Waals surface area contributed by atoms with Crippen LogP contribution in [0.25, 0.3) is 10.6 Å². The molecule has 1 amide bonds. The molecule has 1 spiro atoms. The Bertz CT molecular complexity index is 768. The van der Waals surface area contributed by atoms with Crippen LogP contribution in [0.3, 0.4) is 0 Å². The third-order valence-electron chi connectivity index (χ3n) is 5.15. The zero-order chi connectivity index (χ0) is 17.3. The average Bonchev–Trinajstić information content (AvgIpc) is 3.29. The molecule has 0 saturated carbocycles. The van der Waals surface area contributed by atoms with Crippen LogP contribution in [0.1, 0.15) is 24.1 Å². The molecule has 5 nitrogen and oxygen atoms in total. The molecular weight excluding hydrogens is 336 g/mol. The Morgan fingerprint density at radius 1 is 1.40 bits per heavy atom. The standard InChI is InChI=1S/C19H22N2O3S/c1-23-15-4-2-3-14(9-15)18-20-10-16(25-18)11-21-12-19(6-5-17(21)22)7-8-24-13-19/h2-4,9-10H,5-8,11-13H2,1H3/t19-/m1/s1. The molecule has 2 saturated heterocycles. The lowest BCUT2D eigenvalue weighted by Crippen LogP contribution is -2.46. The summed E-state index contributed by atoms with van der Waals surface area (Å²) < 4.78 is 10.9. The fraction of sp³-hybridized carbons (Fsp3) is 0.474. The zero-order valence-corrected chi connectivity index (χ0v) is 15.2. The number of amides is 1. The number of methoxy groups -OCH3 is 1. The van der Waals surface area contributed by atoms with Crippen molar-refractivity contribution < 1.29 is 14.3 Å². The number of hydrogen-bond acceptors (Lipinski definition) is 5. The second kappa shape index (κ2) is 6.77. The van der Waals surface area contributed by atoms with Gasteiger partial charge in [0, 0.05) is 41.6 Å². The van der Waals surface area contributed by atoms with Crippen LogP contribution in [-0.2, 0) is 16.1 Å². The number of rotatable bonds is 4. The van der Waals surface area contributed by atoms with Crippen molar-refractivity contribution in [2.45, 2.75) is 25.8 Å². The van der Waals surface area contributed by atoms with Gasteiger partial charge in [-0.05, 0) is 25.0 Å². The smallest absolute Gasteiger partial charge is 0.222 e. The van der Waals surface area contributed by atoms with Crippen molar-refractivity contribution >= 4 is 17.2 Å². The highest BCUT2D eigenvalue weighted by Gasteiger charge is 2.41. The van der Waals surface area contributed by atoms with E-state index in [1.165, 1.54) is 0 Å². The van der Waals surface area contributed by atoms with Crippen LogP contribution in [-0.4, -0.2) is 42.7 Å². The van der Waals surface area contributed by atoms with Gasteiger partial charge in [-0.25, -0.2) is 4.98 Å². The van der Waals surface area contributed by atoms with Gasteiger partial charge in [-0.2, -0.15) is 0 Å². The first-order valence-corrected chi connectivity index (χ1v) is 9.44. The van der Waals surface area contributed by atoms with E-state index in [2.05, 4.69) is 4.98 Å². The molecule has 2 aliphatic rings. The zero-order valence-electron chi connectivity index (χ0n) is 14.4. The number of ether oxygens (including phenoxy) is 2. The molecule has 1 atom stereocenters. The second-order valence-corrected chi connectivity index (χ2v) is 8.03. The molecule has 6 heteroatoms. The van der Waals surface area contributed by atoms with Gasteiger partial charge in [0.1, 0.15) is 10.8 Å². The summed E-state index contributed by atoms with van der Waals surface area (Å²) >= 11 is 1.64. The Morgan fingerprint density at radius 3 is 3.12 bits per heavy atom. The van der Waals surface area contributed by atoms with Crippen LogP contribution in [0.4, 0.5) is 0 Å². The number of aromatic nitrogens is 1. The molecule has 2 aliphatic heterocycles. The van der Waals surface area contributed by atoms with Crippen molar-refractivity contribution in [3.05, 3.63) is 35.3 Å². The minimum atomic E-state index is 0.175. The normalized spacial score (nSPS) is 23.4. The molecule has 0 unspecified atom stereocenters. The molecule has 0 N–H and O–H groups in total. The maximum absolute atomic E-state index is 12.4. The van der Waals surface area contributed by atoms with Gasteiger partial charge >= 0.3 is 0 Å². The van der Waals surface area contributed by atoms with Crippen molar-refractivity contribution in [2.24, 2.45) is 5.41 Å². The fourth-order valence-electron chi connectivity index (χ4n) is 3.68. The molecule has 132 valence electrons. The maximum Gasteiger partial charge on any atom is 0.222 e. The van der Waals surface area contributed by atoms with E-state index in [1.54, 1.807) is 18.4 Å². The van der Waals surface area contributed by atoms with Crippen LogP contribution in [0.15, 0.2) is 30.5 Å². The van der Waals surface area contributed by atoms with Crippen molar-refractivity contribution in [1.29, 1.82) is 0 Å². The summed E-state index contributed by atoms with van der Waals surface area (Å²) in [5, 5.41) is 0.956. The van der Waals surface area contributed by atoms with E-state index < -0.39 is 0 Å². The molecule has 4 rings (SSSR count). The number of nitrogens with zero attached hydrogens (tertiary/aromatic N) is 2. The highest BCUT2D eigenvalue weighted by Crippen LogP contribution is 2.39. The Morgan fingerprint density at radius 2 is 2.32 bits per heavy atom. The van der Waals surface area contributed by atoms with Gasteiger partial charge in [-0.3, -0.25) is 4.79 Å². The van der Waals surface area contributed by atoms with Crippen molar-refractivity contribution in [1.82, 2.24) is 9.88 Å². The lowest BCUT2D eigenvalue weighted by atomic mass is 9.79. The summed E-state index contributed by atoms with van der Waals surface area (Å²) in [6, 6.07) is 7.91. The predicted molar refractivity (Wildman–Crippen MR) is 96.6 cm³/mol. The first-order valence-electron chi connectivity index (χ1n) is 8.62. The highest BCUT2D eigenvalue weighted by atomic mass is 32.1. The average molecular weight is 358 g/mol. The van der Waals surface area contributed by atoms with E-state index in [1.807, 2.05) is 35.4 Å². The van der Waals surface area contributed by atoms with Gasteiger partial charge in [0.2, 0.25) is 5.91 Å². The third kappa shape index (κ3) is 3.41. The Labute approximate surface area is 151 Å². The molecule has 2 fully saturated rings. The SMILES string of the molecule is COc1cccc(-c2ncc(CN3C[C@]4(CCOC4)CCC3=O)s2)c1. The van der Waals surface area contributed by atoms with Gasteiger partial charge < -0.3 is 14.4 Å². The van der Waals surface area contributed by atoms with Gasteiger partial charge in [-0.15, -0.1) is 11.3 Å². The largest absolute Gasteiger partial charge is 0.497 e. The van der Waals surface area contributed by atoms with Gasteiger partial charge in [0.05, 0.1) is 20.3 Å². The summed E-state index contributed by atoms with van der Waals surface area (Å²) in [4.78, 5) is 20.0. The maximum atomic E-state index is 12.4. The lowest BCUT2D eigenvalue weighted by Gasteiger charge is -2.39. The summed E-state index contributed by atoms with van der Waals surface area (Å²) in [5.41, 5.74) is 1.22. The monoisotopic (exact) mass is 358 g/mol. The predicted octanol–water partition coefficient (Wildman–Crippen LogP) is 3.35. The van der Waals surface area contributed by atoms with Crippen LogP contribution in [0.2, 0.25) is 0 Å². The van der Waals surface area contributed by atoms with E-state index in [-0.39, 0.29) is 11.3 Å². The number of hydrogen-bond donors (Lipinski definition) is 0. The number of thiazole rings is 1. The molecule has 0 bridgehead atoms. The highest BCUT2D eigenvalue weighted by molar-refractivity contribution is 7.15. The first kappa shape index (κ1) is 16.5. The van der Waals surface area contributed by atoms with Gasteiger partial charge in [0.25, 0.3) is 0 Å². The van der Waals surface area contributed by atoms with Crippen LogP contribution in [0, 0.1) is 5.41 Å². The quantitative estimate of drug-likeness (QED) is 0.841.